The molecule has 0 spiro atoms. The Labute approximate surface area is 161 Å². The predicted octanol–water partition coefficient (Wildman–Crippen LogP) is 2.27. The van der Waals surface area contributed by atoms with Crippen molar-refractivity contribution < 1.29 is 13.9 Å². The number of hydrogen-bond donors (Lipinski definition) is 2. The van der Waals surface area contributed by atoms with E-state index in [1.807, 2.05) is 19.9 Å². The number of carbonyl (C=O) groups is 1. The number of carbonyl (C=O) groups excluding carboxylic acids is 1. The van der Waals surface area contributed by atoms with Gasteiger partial charge in [0.25, 0.3) is 5.91 Å². The number of ether oxygens (including phenoxy) is 1. The lowest BCUT2D eigenvalue weighted by atomic mass is 10.2. The molecule has 1 aromatic carbocycles. The van der Waals surface area contributed by atoms with Crippen molar-refractivity contribution in [1.29, 1.82) is 0 Å². The van der Waals surface area contributed by atoms with Gasteiger partial charge in [-0.2, -0.15) is 5.10 Å². The summed E-state index contributed by atoms with van der Waals surface area (Å²) in [6.45, 7) is 4.65. The van der Waals surface area contributed by atoms with Crippen molar-refractivity contribution >= 4 is 11.7 Å². The number of nitrogens with zero attached hydrogens (tertiary/aromatic N) is 4. The van der Waals surface area contributed by atoms with Crippen LogP contribution in [0.25, 0.3) is 5.82 Å². The molecule has 2 N–H and O–H groups in total. The van der Waals surface area contributed by atoms with E-state index in [0.717, 1.165) is 17.5 Å². The van der Waals surface area contributed by atoms with E-state index in [2.05, 4.69) is 25.7 Å². The third-order valence-electron chi connectivity index (χ3n) is 4.01. The summed E-state index contributed by atoms with van der Waals surface area (Å²) in [6.07, 6.45) is 1.45. The lowest BCUT2D eigenvalue weighted by molar-refractivity contribution is 0.0954. The molecule has 0 unspecified atom stereocenters. The van der Waals surface area contributed by atoms with Crippen LogP contribution in [0.3, 0.4) is 0 Å². The third kappa shape index (κ3) is 4.43. The molecule has 0 aliphatic rings. The Morgan fingerprint density at radius 3 is 2.68 bits per heavy atom. The van der Waals surface area contributed by atoms with Gasteiger partial charge in [-0.3, -0.25) is 4.79 Å². The molecule has 0 saturated heterocycles. The van der Waals surface area contributed by atoms with Gasteiger partial charge in [0, 0.05) is 30.4 Å². The minimum absolute atomic E-state index is 0.0976. The molecule has 8 nitrogen and oxygen atoms in total. The van der Waals surface area contributed by atoms with Crippen LogP contribution in [0.15, 0.2) is 36.7 Å². The zero-order valence-corrected chi connectivity index (χ0v) is 15.9. The van der Waals surface area contributed by atoms with Crippen molar-refractivity contribution in [3.63, 3.8) is 0 Å². The second kappa shape index (κ2) is 8.47. The molecule has 28 heavy (non-hydrogen) atoms. The number of rotatable bonds is 7. The molecule has 1 amide bonds. The molecule has 0 aliphatic carbocycles. The molecular formula is C19H21FN6O2. The summed E-state index contributed by atoms with van der Waals surface area (Å²) in [5, 5.41) is 10.2. The first-order valence-corrected chi connectivity index (χ1v) is 8.69. The van der Waals surface area contributed by atoms with Crippen LogP contribution < -0.4 is 15.4 Å². The van der Waals surface area contributed by atoms with Crippen molar-refractivity contribution in [2.24, 2.45) is 0 Å². The summed E-state index contributed by atoms with van der Waals surface area (Å²) in [5.74, 6) is 0.420. The Morgan fingerprint density at radius 1 is 1.18 bits per heavy atom. The average Bonchev–Trinajstić information content (AvgIpc) is 3.03. The van der Waals surface area contributed by atoms with E-state index in [1.54, 1.807) is 10.7 Å². The maximum Gasteiger partial charge on any atom is 0.251 e. The van der Waals surface area contributed by atoms with Crippen molar-refractivity contribution in [2.75, 3.05) is 25.5 Å². The molecule has 2 aromatic heterocycles. The molecule has 2 heterocycles. The van der Waals surface area contributed by atoms with Crippen LogP contribution in [-0.2, 0) is 0 Å². The lowest BCUT2D eigenvalue weighted by Gasteiger charge is -2.09. The summed E-state index contributed by atoms with van der Waals surface area (Å²) in [6, 6.07) is 7.82. The van der Waals surface area contributed by atoms with Gasteiger partial charge in [0.2, 0.25) is 0 Å². The molecule has 3 rings (SSSR count). The van der Waals surface area contributed by atoms with E-state index in [1.165, 1.54) is 25.6 Å². The van der Waals surface area contributed by atoms with Gasteiger partial charge in [-0.25, -0.2) is 19.0 Å². The average molecular weight is 384 g/mol. The Hall–Kier alpha value is -3.49. The zero-order chi connectivity index (χ0) is 20.1. The van der Waals surface area contributed by atoms with E-state index in [-0.39, 0.29) is 17.2 Å². The van der Waals surface area contributed by atoms with Gasteiger partial charge in [0.1, 0.15) is 12.1 Å². The number of benzene rings is 1. The summed E-state index contributed by atoms with van der Waals surface area (Å²) < 4.78 is 20.3. The van der Waals surface area contributed by atoms with Crippen molar-refractivity contribution in [2.45, 2.75) is 13.8 Å². The standard InChI is InChI=1S/C19H21FN6O2/c1-12-8-13(2)26(25-12)18-10-17(23-11-24-18)21-6-7-22-19(27)14-4-5-16(28-3)15(20)9-14/h4-5,8-11H,6-7H2,1-3H3,(H,22,27)(H,21,23,24). The van der Waals surface area contributed by atoms with Gasteiger partial charge in [-0.05, 0) is 38.1 Å². The molecule has 0 aliphatic heterocycles. The maximum absolute atomic E-state index is 13.7. The number of methoxy groups -OCH3 is 1. The van der Waals surface area contributed by atoms with Crippen LogP contribution in [-0.4, -0.2) is 45.9 Å². The van der Waals surface area contributed by atoms with Crippen LogP contribution in [0.1, 0.15) is 21.7 Å². The topological polar surface area (TPSA) is 94.0 Å². The number of aromatic nitrogens is 4. The van der Waals surface area contributed by atoms with Crippen LogP contribution >= 0.6 is 0 Å². The van der Waals surface area contributed by atoms with E-state index in [0.29, 0.717) is 24.7 Å². The number of nitrogens with one attached hydrogen (secondary N) is 2. The maximum atomic E-state index is 13.7. The van der Waals surface area contributed by atoms with E-state index in [9.17, 15) is 9.18 Å². The number of aryl methyl sites for hydroxylation is 2. The molecule has 0 radical (unpaired) electrons. The fraction of sp³-hybridized carbons (Fsp3) is 0.263. The SMILES string of the molecule is COc1ccc(C(=O)NCCNc2cc(-n3nc(C)cc3C)ncn2)cc1F. The Kier molecular flexibility index (Phi) is 5.83. The highest BCUT2D eigenvalue weighted by Gasteiger charge is 2.10. The van der Waals surface area contributed by atoms with Crippen molar-refractivity contribution in [3.05, 3.63) is 59.4 Å². The Balaban J connectivity index is 1.54. The minimum Gasteiger partial charge on any atom is -0.494 e. The molecule has 0 bridgehead atoms. The minimum atomic E-state index is -0.578. The van der Waals surface area contributed by atoms with Crippen LogP contribution in [0.2, 0.25) is 0 Å². The van der Waals surface area contributed by atoms with Gasteiger partial charge in [-0.15, -0.1) is 0 Å². The Morgan fingerprint density at radius 2 is 2.00 bits per heavy atom. The van der Waals surface area contributed by atoms with Gasteiger partial charge in [0.05, 0.1) is 12.8 Å². The monoisotopic (exact) mass is 384 g/mol. The molecule has 3 aromatic rings. The lowest BCUT2D eigenvalue weighted by Crippen LogP contribution is -2.29. The number of amides is 1. The molecular weight excluding hydrogens is 363 g/mol. The molecule has 0 saturated carbocycles. The molecule has 0 atom stereocenters. The largest absolute Gasteiger partial charge is 0.494 e. The highest BCUT2D eigenvalue weighted by atomic mass is 19.1. The van der Waals surface area contributed by atoms with Crippen molar-refractivity contribution in [3.8, 4) is 11.6 Å². The summed E-state index contributed by atoms with van der Waals surface area (Å²) in [4.78, 5) is 20.5. The van der Waals surface area contributed by atoms with Crippen LogP contribution in [0.5, 0.6) is 5.75 Å². The van der Waals surface area contributed by atoms with Crippen LogP contribution in [0.4, 0.5) is 10.2 Å². The fourth-order valence-corrected chi connectivity index (χ4v) is 2.70. The van der Waals surface area contributed by atoms with E-state index in [4.69, 9.17) is 4.74 Å². The highest BCUT2D eigenvalue weighted by Crippen LogP contribution is 2.17. The second-order valence-corrected chi connectivity index (χ2v) is 6.13. The van der Waals surface area contributed by atoms with E-state index >= 15 is 0 Å². The summed E-state index contributed by atoms with van der Waals surface area (Å²) in [5.41, 5.74) is 2.11. The van der Waals surface area contributed by atoms with Crippen molar-refractivity contribution in [1.82, 2.24) is 25.1 Å². The molecule has 146 valence electrons. The predicted molar refractivity (Wildman–Crippen MR) is 102 cm³/mol. The number of anilines is 1. The number of hydrogen-bond acceptors (Lipinski definition) is 6. The van der Waals surface area contributed by atoms with Gasteiger partial charge in [0.15, 0.2) is 17.4 Å². The molecule has 0 fully saturated rings. The summed E-state index contributed by atoms with van der Waals surface area (Å²) >= 11 is 0. The first-order chi connectivity index (χ1) is 13.5. The second-order valence-electron chi connectivity index (χ2n) is 6.13. The van der Waals surface area contributed by atoms with Gasteiger partial charge < -0.3 is 15.4 Å². The molecule has 9 heteroatoms. The smallest absolute Gasteiger partial charge is 0.251 e. The van der Waals surface area contributed by atoms with Gasteiger partial charge >= 0.3 is 0 Å². The van der Waals surface area contributed by atoms with E-state index < -0.39 is 5.82 Å². The highest BCUT2D eigenvalue weighted by molar-refractivity contribution is 5.94. The van der Waals surface area contributed by atoms with Crippen LogP contribution in [0, 0.1) is 19.7 Å². The first kappa shape index (κ1) is 19.3. The quantitative estimate of drug-likeness (QED) is 0.607. The fourth-order valence-electron chi connectivity index (χ4n) is 2.70. The normalized spacial score (nSPS) is 10.6. The zero-order valence-electron chi connectivity index (χ0n) is 15.9. The third-order valence-corrected chi connectivity index (χ3v) is 4.01. The number of halogens is 1. The first-order valence-electron chi connectivity index (χ1n) is 8.69. The Bertz CT molecular complexity index is 988. The van der Waals surface area contributed by atoms with Gasteiger partial charge in [-0.1, -0.05) is 0 Å². The summed E-state index contributed by atoms with van der Waals surface area (Å²) in [7, 11) is 1.37.